The van der Waals surface area contributed by atoms with E-state index in [-0.39, 0.29) is 11.7 Å². The van der Waals surface area contributed by atoms with E-state index in [0.717, 1.165) is 11.1 Å². The average molecular weight is 326 g/mol. The molecular weight excluding hydrogens is 308 g/mol. The van der Waals surface area contributed by atoms with E-state index in [0.29, 0.717) is 24.1 Å². The van der Waals surface area contributed by atoms with E-state index in [1.54, 1.807) is 49.4 Å². The van der Waals surface area contributed by atoms with Gasteiger partial charge in [0, 0.05) is 12.5 Å². The monoisotopic (exact) mass is 326 g/mol. The zero-order valence-corrected chi connectivity index (χ0v) is 13.6. The normalized spacial score (nSPS) is 11.2. The molecule has 0 radical (unpaired) electrons. The molecule has 24 heavy (non-hydrogen) atoms. The number of rotatable bonds is 6. The molecule has 0 N–H and O–H groups in total. The maximum absolute atomic E-state index is 11.3. The second-order valence-corrected chi connectivity index (χ2v) is 5.24. The Morgan fingerprint density at radius 1 is 1.17 bits per heavy atom. The molecule has 0 unspecified atom stereocenters. The molecule has 0 aliphatic heterocycles. The summed E-state index contributed by atoms with van der Waals surface area (Å²) in [5.74, 6) is -0.367. The molecule has 2 aromatic carbocycles. The number of oxime groups is 1. The fourth-order valence-corrected chi connectivity index (χ4v) is 2.19. The molecule has 2 aromatic rings. The van der Waals surface area contributed by atoms with Crippen molar-refractivity contribution in [2.45, 2.75) is 26.7 Å². The summed E-state index contributed by atoms with van der Waals surface area (Å²) in [7, 11) is 0. The second-order valence-electron chi connectivity index (χ2n) is 5.24. The van der Waals surface area contributed by atoms with E-state index >= 15 is 0 Å². The minimum atomic E-state index is -0.400. The summed E-state index contributed by atoms with van der Waals surface area (Å²) in [6.07, 6.45) is 1.03. The first-order valence-electron chi connectivity index (χ1n) is 7.61. The largest absolute Gasteiger partial charge is 0.335 e. The molecule has 0 aliphatic rings. The zero-order chi connectivity index (χ0) is 17.5. The number of nitrogens with zero attached hydrogens (tertiary/aromatic N) is 2. The van der Waals surface area contributed by atoms with Crippen LogP contribution in [0, 0.1) is 10.1 Å². The highest BCUT2D eigenvalue weighted by Gasteiger charge is 2.14. The van der Waals surface area contributed by atoms with Crippen molar-refractivity contribution in [3.63, 3.8) is 0 Å². The predicted molar refractivity (Wildman–Crippen MR) is 91.7 cm³/mol. The van der Waals surface area contributed by atoms with Gasteiger partial charge in [0.2, 0.25) is 0 Å². The minimum Gasteiger partial charge on any atom is -0.318 e. The highest BCUT2D eigenvalue weighted by atomic mass is 16.7. The van der Waals surface area contributed by atoms with Crippen molar-refractivity contribution in [1.82, 2.24) is 0 Å². The van der Waals surface area contributed by atoms with Gasteiger partial charge in [-0.25, -0.2) is 4.79 Å². The fourth-order valence-electron chi connectivity index (χ4n) is 2.19. The Kier molecular flexibility index (Phi) is 5.78. The lowest BCUT2D eigenvalue weighted by Gasteiger charge is -2.05. The maximum atomic E-state index is 11.3. The van der Waals surface area contributed by atoms with Gasteiger partial charge in [-0.3, -0.25) is 10.1 Å². The van der Waals surface area contributed by atoms with Gasteiger partial charge in [-0.15, -0.1) is 0 Å². The van der Waals surface area contributed by atoms with Gasteiger partial charge < -0.3 is 4.84 Å². The smallest absolute Gasteiger partial charge is 0.318 e. The Bertz CT molecular complexity index is 767. The van der Waals surface area contributed by atoms with Crippen LogP contribution in [0.2, 0.25) is 0 Å². The SMILES string of the molecule is CCCC(=O)O/N=C(\C)c1ccc(-c2ccccc2[N+](=O)[O-])cc1. The zero-order valence-electron chi connectivity index (χ0n) is 13.6. The molecule has 0 fully saturated rings. The second kappa shape index (κ2) is 8.01. The quantitative estimate of drug-likeness (QED) is 0.342. The Labute approximate surface area is 139 Å². The molecule has 0 bridgehead atoms. The fraction of sp³-hybridized carbons (Fsp3) is 0.222. The maximum Gasteiger partial charge on any atom is 0.335 e. The molecule has 6 heteroatoms. The molecule has 2 rings (SSSR count). The van der Waals surface area contributed by atoms with E-state index < -0.39 is 4.92 Å². The Morgan fingerprint density at radius 3 is 2.46 bits per heavy atom. The van der Waals surface area contributed by atoms with Crippen LogP contribution in [0.4, 0.5) is 5.69 Å². The molecule has 0 spiro atoms. The van der Waals surface area contributed by atoms with Crippen molar-refractivity contribution in [2.75, 3.05) is 0 Å². The summed E-state index contributed by atoms with van der Waals surface area (Å²) in [5.41, 5.74) is 2.69. The van der Waals surface area contributed by atoms with Gasteiger partial charge in [0.05, 0.1) is 16.2 Å². The van der Waals surface area contributed by atoms with Gasteiger partial charge in [-0.05, 0) is 30.5 Å². The topological polar surface area (TPSA) is 81.8 Å². The molecule has 0 amide bonds. The highest BCUT2D eigenvalue weighted by molar-refractivity contribution is 5.99. The van der Waals surface area contributed by atoms with Gasteiger partial charge in [-0.1, -0.05) is 48.5 Å². The van der Waals surface area contributed by atoms with Crippen molar-refractivity contribution >= 4 is 17.4 Å². The number of para-hydroxylation sites is 1. The molecule has 6 nitrogen and oxygen atoms in total. The van der Waals surface area contributed by atoms with Crippen molar-refractivity contribution < 1.29 is 14.6 Å². The summed E-state index contributed by atoms with van der Waals surface area (Å²) in [5, 5.41) is 14.9. The van der Waals surface area contributed by atoms with Crippen LogP contribution in [-0.4, -0.2) is 16.6 Å². The third-order valence-electron chi connectivity index (χ3n) is 3.45. The summed E-state index contributed by atoms with van der Waals surface area (Å²) in [4.78, 5) is 26.9. The van der Waals surface area contributed by atoms with Crippen LogP contribution in [0.3, 0.4) is 0 Å². The van der Waals surface area contributed by atoms with E-state index in [1.165, 1.54) is 6.07 Å². The molecular formula is C18H18N2O4. The first-order chi connectivity index (χ1) is 11.5. The molecule has 0 aliphatic carbocycles. The Balaban J connectivity index is 2.21. The first-order valence-corrected chi connectivity index (χ1v) is 7.61. The van der Waals surface area contributed by atoms with Crippen LogP contribution in [0.1, 0.15) is 32.3 Å². The summed E-state index contributed by atoms with van der Waals surface area (Å²) >= 11 is 0. The summed E-state index contributed by atoms with van der Waals surface area (Å²) < 4.78 is 0. The van der Waals surface area contributed by atoms with Crippen LogP contribution in [0.5, 0.6) is 0 Å². The minimum absolute atomic E-state index is 0.0594. The number of hydrogen-bond donors (Lipinski definition) is 0. The van der Waals surface area contributed by atoms with Crippen LogP contribution >= 0.6 is 0 Å². The first kappa shape index (κ1) is 17.3. The van der Waals surface area contributed by atoms with E-state index in [9.17, 15) is 14.9 Å². The number of carbonyl (C=O) groups excluding carboxylic acids is 1. The van der Waals surface area contributed by atoms with Gasteiger partial charge in [0.15, 0.2) is 0 Å². The van der Waals surface area contributed by atoms with E-state index in [1.807, 2.05) is 6.92 Å². The lowest BCUT2D eigenvalue weighted by atomic mass is 10.0. The number of nitro groups is 1. The van der Waals surface area contributed by atoms with Gasteiger partial charge in [-0.2, -0.15) is 0 Å². The van der Waals surface area contributed by atoms with Crippen LogP contribution in [0.15, 0.2) is 53.7 Å². The highest BCUT2D eigenvalue weighted by Crippen LogP contribution is 2.29. The van der Waals surface area contributed by atoms with Crippen molar-refractivity contribution in [3.05, 3.63) is 64.2 Å². The molecule has 0 heterocycles. The molecule has 0 saturated carbocycles. The third-order valence-corrected chi connectivity index (χ3v) is 3.45. The van der Waals surface area contributed by atoms with Gasteiger partial charge in [0.1, 0.15) is 0 Å². The summed E-state index contributed by atoms with van der Waals surface area (Å²) in [6.45, 7) is 3.62. The van der Waals surface area contributed by atoms with Crippen LogP contribution in [0.25, 0.3) is 11.1 Å². The molecule has 0 aromatic heterocycles. The Morgan fingerprint density at radius 2 is 1.83 bits per heavy atom. The number of benzene rings is 2. The van der Waals surface area contributed by atoms with Crippen LogP contribution in [-0.2, 0) is 9.63 Å². The van der Waals surface area contributed by atoms with Crippen molar-refractivity contribution in [1.29, 1.82) is 0 Å². The molecule has 0 saturated heterocycles. The number of hydrogen-bond acceptors (Lipinski definition) is 5. The van der Waals surface area contributed by atoms with Crippen LogP contribution < -0.4 is 0 Å². The predicted octanol–water partition coefficient (Wildman–Crippen LogP) is 4.33. The molecule has 124 valence electrons. The summed E-state index contributed by atoms with van der Waals surface area (Å²) in [6, 6.07) is 13.7. The molecule has 0 atom stereocenters. The van der Waals surface area contributed by atoms with Crippen molar-refractivity contribution in [3.8, 4) is 11.1 Å². The Hall–Kier alpha value is -3.02. The lowest BCUT2D eigenvalue weighted by molar-refractivity contribution is -0.384. The third kappa shape index (κ3) is 4.25. The van der Waals surface area contributed by atoms with E-state index in [2.05, 4.69) is 5.16 Å². The standard InChI is InChI=1S/C18H18N2O4/c1-3-6-18(21)24-19-13(2)14-9-11-15(12-10-14)16-7-4-5-8-17(16)20(22)23/h4-5,7-12H,3,6H2,1-2H3/b19-13+. The number of carbonyl (C=O) groups is 1. The van der Waals surface area contributed by atoms with Gasteiger partial charge in [0.25, 0.3) is 5.69 Å². The lowest BCUT2D eigenvalue weighted by Crippen LogP contribution is -2.02. The number of nitro benzene ring substituents is 1. The average Bonchev–Trinajstić information content (AvgIpc) is 2.60. The van der Waals surface area contributed by atoms with E-state index in [4.69, 9.17) is 4.84 Å². The van der Waals surface area contributed by atoms with Gasteiger partial charge >= 0.3 is 5.97 Å². The van der Waals surface area contributed by atoms with Crippen molar-refractivity contribution in [2.24, 2.45) is 5.16 Å².